The second-order valence-electron chi connectivity index (χ2n) is 6.00. The number of nitrogens with one attached hydrogen (secondary N) is 1. The molecule has 2 N–H and O–H groups in total. The van der Waals surface area contributed by atoms with Crippen LogP contribution in [0.3, 0.4) is 0 Å². The van der Waals surface area contributed by atoms with E-state index >= 15 is 0 Å². The highest BCUT2D eigenvalue weighted by molar-refractivity contribution is 5.87. The van der Waals surface area contributed by atoms with E-state index in [-0.39, 0.29) is 18.6 Å². The summed E-state index contributed by atoms with van der Waals surface area (Å²) >= 11 is 0. The summed E-state index contributed by atoms with van der Waals surface area (Å²) in [6.07, 6.45) is 1.18. The van der Waals surface area contributed by atoms with Gasteiger partial charge in [0.2, 0.25) is 0 Å². The number of rotatable bonds is 5. The maximum absolute atomic E-state index is 11.8. The molecule has 0 spiro atoms. The van der Waals surface area contributed by atoms with Gasteiger partial charge in [-0.15, -0.1) is 0 Å². The number of carboxylic acid groups (broad SMARTS) is 1. The van der Waals surface area contributed by atoms with Gasteiger partial charge in [-0.1, -0.05) is 42.5 Å². The molecular weight excluding hydrogens is 306 g/mol. The molecule has 5 nitrogen and oxygen atoms in total. The van der Waals surface area contributed by atoms with Crippen LogP contribution in [-0.4, -0.2) is 23.2 Å². The zero-order valence-corrected chi connectivity index (χ0v) is 13.1. The number of carboxylic acids is 1. The van der Waals surface area contributed by atoms with Gasteiger partial charge in [0.25, 0.3) is 0 Å². The molecule has 0 bridgehead atoms. The molecule has 0 heterocycles. The molecule has 3 rings (SSSR count). The maximum Gasteiger partial charge on any atom is 0.407 e. The van der Waals surface area contributed by atoms with Crippen LogP contribution in [0.1, 0.15) is 40.2 Å². The summed E-state index contributed by atoms with van der Waals surface area (Å²) in [4.78, 5) is 22.8. The normalized spacial score (nSPS) is 19.2. The number of carbonyl (C=O) groups is 2. The predicted molar refractivity (Wildman–Crippen MR) is 88.9 cm³/mol. The van der Waals surface area contributed by atoms with Crippen LogP contribution in [0.2, 0.25) is 0 Å². The first-order chi connectivity index (χ1) is 11.6. The molecule has 0 unspecified atom stereocenters. The molecule has 1 aliphatic carbocycles. The van der Waals surface area contributed by atoms with Gasteiger partial charge < -0.3 is 15.2 Å². The van der Waals surface area contributed by atoms with Crippen molar-refractivity contribution >= 4 is 12.1 Å². The molecule has 5 heteroatoms. The average molecular weight is 325 g/mol. The van der Waals surface area contributed by atoms with E-state index < -0.39 is 12.1 Å². The summed E-state index contributed by atoms with van der Waals surface area (Å²) in [6.45, 7) is 0.253. The predicted octanol–water partition coefficient (Wildman–Crippen LogP) is 3.56. The minimum Gasteiger partial charge on any atom is -0.478 e. The fourth-order valence-corrected chi connectivity index (χ4v) is 2.86. The monoisotopic (exact) mass is 325 g/mol. The Morgan fingerprint density at radius 2 is 1.83 bits per heavy atom. The average Bonchev–Trinajstić information content (AvgIpc) is 2.57. The lowest BCUT2D eigenvalue weighted by Crippen LogP contribution is -2.43. The van der Waals surface area contributed by atoms with Crippen molar-refractivity contribution in [1.82, 2.24) is 5.32 Å². The quantitative estimate of drug-likeness (QED) is 0.881. The largest absolute Gasteiger partial charge is 0.478 e. The van der Waals surface area contributed by atoms with Crippen molar-refractivity contribution in [3.63, 3.8) is 0 Å². The molecule has 0 radical (unpaired) electrons. The van der Waals surface area contributed by atoms with Crippen molar-refractivity contribution in [3.8, 4) is 0 Å². The molecule has 2 aromatic carbocycles. The minimum atomic E-state index is -0.921. The topological polar surface area (TPSA) is 75.6 Å². The zero-order valence-electron chi connectivity index (χ0n) is 13.1. The van der Waals surface area contributed by atoms with Gasteiger partial charge in [0.1, 0.15) is 6.61 Å². The SMILES string of the molecule is O=C(NC1CC(c2cccc(C(=O)O)c2)C1)OCc1ccccc1. The number of alkyl carbamates (subject to hydrolysis) is 1. The summed E-state index contributed by atoms with van der Waals surface area (Å²) in [7, 11) is 0. The molecule has 2 aromatic rings. The lowest BCUT2D eigenvalue weighted by molar-refractivity contribution is 0.0696. The molecule has 0 aliphatic heterocycles. The molecule has 1 aliphatic rings. The van der Waals surface area contributed by atoms with Gasteiger partial charge in [-0.25, -0.2) is 9.59 Å². The lowest BCUT2D eigenvalue weighted by atomic mass is 9.75. The molecule has 0 saturated heterocycles. The fraction of sp³-hybridized carbons (Fsp3) is 0.263. The fourth-order valence-electron chi connectivity index (χ4n) is 2.86. The maximum atomic E-state index is 11.8. The second kappa shape index (κ2) is 7.17. The van der Waals surface area contributed by atoms with Crippen LogP contribution in [0.4, 0.5) is 4.79 Å². The Hall–Kier alpha value is -2.82. The van der Waals surface area contributed by atoms with Crippen LogP contribution in [0.25, 0.3) is 0 Å². The third-order valence-corrected chi connectivity index (χ3v) is 4.28. The van der Waals surface area contributed by atoms with Crippen LogP contribution in [-0.2, 0) is 11.3 Å². The van der Waals surface area contributed by atoms with Gasteiger partial charge in [-0.3, -0.25) is 0 Å². The number of amides is 1. The summed E-state index contributed by atoms with van der Waals surface area (Å²) in [6, 6.07) is 16.6. The Bertz CT molecular complexity index is 723. The number of hydrogen-bond acceptors (Lipinski definition) is 3. The van der Waals surface area contributed by atoms with Gasteiger partial charge in [0.15, 0.2) is 0 Å². The Labute approximate surface area is 140 Å². The van der Waals surface area contributed by atoms with Gasteiger partial charge in [0.05, 0.1) is 5.56 Å². The first kappa shape index (κ1) is 16.1. The van der Waals surface area contributed by atoms with Crippen LogP contribution in [0, 0.1) is 0 Å². The summed E-state index contributed by atoms with van der Waals surface area (Å²) in [5.74, 6) is -0.640. The van der Waals surface area contributed by atoms with Crippen LogP contribution in [0.15, 0.2) is 54.6 Å². The number of benzene rings is 2. The van der Waals surface area contributed by atoms with Crippen LogP contribution in [0.5, 0.6) is 0 Å². The molecule has 1 amide bonds. The third-order valence-electron chi connectivity index (χ3n) is 4.28. The van der Waals surface area contributed by atoms with E-state index in [2.05, 4.69) is 5.32 Å². The van der Waals surface area contributed by atoms with E-state index in [0.29, 0.717) is 5.56 Å². The lowest BCUT2D eigenvalue weighted by Gasteiger charge is -2.35. The molecule has 24 heavy (non-hydrogen) atoms. The van der Waals surface area contributed by atoms with Crippen molar-refractivity contribution in [2.75, 3.05) is 0 Å². The molecule has 0 aromatic heterocycles. The van der Waals surface area contributed by atoms with Crippen molar-refractivity contribution < 1.29 is 19.4 Å². The van der Waals surface area contributed by atoms with E-state index in [1.807, 2.05) is 36.4 Å². The van der Waals surface area contributed by atoms with Gasteiger partial charge in [0, 0.05) is 6.04 Å². The summed E-state index contributed by atoms with van der Waals surface area (Å²) < 4.78 is 5.20. The highest BCUT2D eigenvalue weighted by Gasteiger charge is 2.32. The molecular formula is C19H19NO4. The molecule has 124 valence electrons. The van der Waals surface area contributed by atoms with Gasteiger partial charge in [-0.2, -0.15) is 0 Å². The van der Waals surface area contributed by atoms with Crippen LogP contribution >= 0.6 is 0 Å². The summed E-state index contributed by atoms with van der Waals surface area (Å²) in [5, 5.41) is 11.9. The standard InChI is InChI=1S/C19H19NO4/c21-18(22)15-8-4-7-14(9-15)16-10-17(11-16)20-19(23)24-12-13-5-2-1-3-6-13/h1-9,16-17H,10-12H2,(H,20,23)(H,21,22). The highest BCUT2D eigenvalue weighted by Crippen LogP contribution is 2.37. The van der Waals surface area contributed by atoms with Crippen molar-refractivity contribution in [2.24, 2.45) is 0 Å². The first-order valence-corrected chi connectivity index (χ1v) is 7.92. The third kappa shape index (κ3) is 3.93. The van der Waals surface area contributed by atoms with Gasteiger partial charge in [-0.05, 0) is 42.0 Å². The summed E-state index contributed by atoms with van der Waals surface area (Å²) in [5.41, 5.74) is 2.25. The Morgan fingerprint density at radius 1 is 1.08 bits per heavy atom. The molecule has 0 atom stereocenters. The van der Waals surface area contributed by atoms with E-state index in [9.17, 15) is 9.59 Å². The van der Waals surface area contributed by atoms with E-state index in [4.69, 9.17) is 9.84 Å². The van der Waals surface area contributed by atoms with Crippen LogP contribution < -0.4 is 5.32 Å². The van der Waals surface area contributed by atoms with E-state index in [0.717, 1.165) is 24.0 Å². The van der Waals surface area contributed by atoms with Crippen molar-refractivity contribution in [1.29, 1.82) is 0 Å². The Balaban J connectivity index is 1.44. The van der Waals surface area contributed by atoms with Crippen molar-refractivity contribution in [3.05, 3.63) is 71.3 Å². The second-order valence-corrected chi connectivity index (χ2v) is 6.00. The minimum absolute atomic E-state index is 0.0757. The Kier molecular flexibility index (Phi) is 4.79. The van der Waals surface area contributed by atoms with E-state index in [1.54, 1.807) is 18.2 Å². The van der Waals surface area contributed by atoms with Crippen molar-refractivity contribution in [2.45, 2.75) is 31.4 Å². The number of ether oxygens (including phenoxy) is 1. The molecule has 1 saturated carbocycles. The highest BCUT2D eigenvalue weighted by atomic mass is 16.5. The Morgan fingerprint density at radius 3 is 2.54 bits per heavy atom. The number of hydrogen-bond donors (Lipinski definition) is 2. The smallest absolute Gasteiger partial charge is 0.407 e. The number of carbonyl (C=O) groups excluding carboxylic acids is 1. The van der Waals surface area contributed by atoms with Gasteiger partial charge >= 0.3 is 12.1 Å². The number of aromatic carboxylic acids is 1. The van der Waals surface area contributed by atoms with E-state index in [1.165, 1.54) is 0 Å². The zero-order chi connectivity index (χ0) is 16.9. The molecule has 1 fully saturated rings. The first-order valence-electron chi connectivity index (χ1n) is 7.92.